The van der Waals surface area contributed by atoms with E-state index in [0.29, 0.717) is 34.7 Å². The minimum atomic E-state index is -1.02. The molecule has 0 aliphatic carbocycles. The summed E-state index contributed by atoms with van der Waals surface area (Å²) < 4.78 is 11.2. The van der Waals surface area contributed by atoms with E-state index in [-0.39, 0.29) is 17.4 Å². The Balaban J connectivity index is 1.88. The maximum atomic E-state index is 12.1. The van der Waals surface area contributed by atoms with Crippen molar-refractivity contribution in [3.05, 3.63) is 39.8 Å². The summed E-state index contributed by atoms with van der Waals surface area (Å²) in [6.07, 6.45) is 0. The lowest BCUT2D eigenvalue weighted by molar-refractivity contribution is -0.123. The highest BCUT2D eigenvalue weighted by Gasteiger charge is 2.19. The number of aromatic nitrogens is 1. The van der Waals surface area contributed by atoms with Crippen molar-refractivity contribution in [3.63, 3.8) is 0 Å². The zero-order chi connectivity index (χ0) is 20.0. The van der Waals surface area contributed by atoms with Gasteiger partial charge in [0.05, 0.1) is 18.3 Å². The highest BCUT2D eigenvalue weighted by molar-refractivity contribution is 7.13. The standard InChI is InChI=1S/C19H24N2O5S/c1-11(2)9-25-14-6-5-7-15(8-14)26-10-16(22)20-13(4)18-21-12(3)17(27-18)19(23)24/h5-8,11,13H,9-10H2,1-4H3,(H,20,22)(H,23,24). The summed E-state index contributed by atoms with van der Waals surface area (Å²) >= 11 is 1.06. The quantitative estimate of drug-likeness (QED) is 0.678. The molecule has 0 saturated carbocycles. The first-order chi connectivity index (χ1) is 12.8. The summed E-state index contributed by atoms with van der Waals surface area (Å²) in [5, 5.41) is 12.4. The Labute approximate surface area is 162 Å². The maximum Gasteiger partial charge on any atom is 0.347 e. The minimum Gasteiger partial charge on any atom is -0.493 e. The number of benzene rings is 1. The largest absolute Gasteiger partial charge is 0.493 e. The highest BCUT2D eigenvalue weighted by atomic mass is 32.1. The average molecular weight is 392 g/mol. The van der Waals surface area contributed by atoms with Crippen molar-refractivity contribution in [2.75, 3.05) is 13.2 Å². The number of hydrogen-bond donors (Lipinski definition) is 2. The summed E-state index contributed by atoms with van der Waals surface area (Å²) in [6.45, 7) is 7.96. The van der Waals surface area contributed by atoms with E-state index >= 15 is 0 Å². The lowest BCUT2D eigenvalue weighted by atomic mass is 10.2. The second-order valence-corrected chi connectivity index (χ2v) is 7.56. The molecule has 1 heterocycles. The SMILES string of the molecule is Cc1nc(C(C)NC(=O)COc2cccc(OCC(C)C)c2)sc1C(=O)O. The number of nitrogens with one attached hydrogen (secondary N) is 1. The molecule has 1 atom stereocenters. The van der Waals surface area contributed by atoms with Crippen LogP contribution in [0.15, 0.2) is 24.3 Å². The fourth-order valence-electron chi connectivity index (χ4n) is 2.21. The number of thiazole rings is 1. The van der Waals surface area contributed by atoms with Crippen LogP contribution in [-0.4, -0.2) is 35.2 Å². The average Bonchev–Trinajstić information content (AvgIpc) is 3.01. The first kappa shape index (κ1) is 20.7. The van der Waals surface area contributed by atoms with E-state index < -0.39 is 12.0 Å². The van der Waals surface area contributed by atoms with Crippen LogP contribution in [0.25, 0.3) is 0 Å². The Morgan fingerprint density at radius 1 is 1.22 bits per heavy atom. The molecule has 0 fully saturated rings. The molecular formula is C19H24N2O5S. The molecule has 2 aromatic rings. The number of carboxylic acids is 1. The smallest absolute Gasteiger partial charge is 0.347 e. The first-order valence-corrected chi connectivity index (χ1v) is 9.43. The second-order valence-electron chi connectivity index (χ2n) is 6.53. The Bertz CT molecular complexity index is 803. The molecular weight excluding hydrogens is 368 g/mol. The van der Waals surface area contributed by atoms with Gasteiger partial charge >= 0.3 is 5.97 Å². The van der Waals surface area contributed by atoms with Gasteiger partial charge in [0.25, 0.3) is 5.91 Å². The van der Waals surface area contributed by atoms with Gasteiger partial charge < -0.3 is 19.9 Å². The zero-order valence-corrected chi connectivity index (χ0v) is 16.6. The van der Waals surface area contributed by atoms with Crippen molar-refractivity contribution >= 4 is 23.2 Å². The summed E-state index contributed by atoms with van der Waals surface area (Å²) in [5.74, 6) is 0.308. The number of hydrogen-bond acceptors (Lipinski definition) is 6. The van der Waals surface area contributed by atoms with Gasteiger partial charge in [0.15, 0.2) is 6.61 Å². The third-order valence-corrected chi connectivity index (χ3v) is 4.84. The fourth-order valence-corrected chi connectivity index (χ4v) is 3.12. The monoisotopic (exact) mass is 392 g/mol. The number of carboxylic acid groups (broad SMARTS) is 1. The van der Waals surface area contributed by atoms with Gasteiger partial charge in [-0.05, 0) is 31.9 Å². The number of amides is 1. The van der Waals surface area contributed by atoms with Crippen molar-refractivity contribution in [1.29, 1.82) is 0 Å². The molecule has 0 bridgehead atoms. The fraction of sp³-hybridized carbons (Fsp3) is 0.421. The number of aryl methyl sites for hydroxylation is 1. The Kier molecular flexibility index (Phi) is 7.18. The lowest BCUT2D eigenvalue weighted by Gasteiger charge is -2.13. The van der Waals surface area contributed by atoms with Crippen molar-refractivity contribution in [3.8, 4) is 11.5 Å². The molecule has 8 heteroatoms. The molecule has 27 heavy (non-hydrogen) atoms. The van der Waals surface area contributed by atoms with Crippen LogP contribution in [0.3, 0.4) is 0 Å². The third-order valence-electron chi connectivity index (χ3n) is 3.51. The third kappa shape index (κ3) is 6.25. The van der Waals surface area contributed by atoms with E-state index in [2.05, 4.69) is 24.1 Å². The molecule has 0 radical (unpaired) electrons. The molecule has 2 rings (SSSR count). The second kappa shape index (κ2) is 9.36. The van der Waals surface area contributed by atoms with E-state index in [1.807, 2.05) is 6.07 Å². The summed E-state index contributed by atoms with van der Waals surface area (Å²) in [4.78, 5) is 27.6. The number of rotatable bonds is 9. The number of nitrogens with zero attached hydrogens (tertiary/aromatic N) is 1. The Hall–Kier alpha value is -2.61. The Morgan fingerprint density at radius 3 is 2.48 bits per heavy atom. The molecule has 1 unspecified atom stereocenters. The molecule has 2 N–H and O–H groups in total. The van der Waals surface area contributed by atoms with E-state index in [4.69, 9.17) is 14.6 Å². The van der Waals surface area contributed by atoms with Gasteiger partial charge in [0, 0.05) is 6.07 Å². The van der Waals surface area contributed by atoms with Crippen LogP contribution in [-0.2, 0) is 4.79 Å². The van der Waals surface area contributed by atoms with Gasteiger partial charge in [0.2, 0.25) is 0 Å². The van der Waals surface area contributed by atoms with E-state index in [9.17, 15) is 9.59 Å². The molecule has 1 aromatic heterocycles. The summed E-state index contributed by atoms with van der Waals surface area (Å²) in [6, 6.07) is 6.73. The van der Waals surface area contributed by atoms with Crippen LogP contribution < -0.4 is 14.8 Å². The van der Waals surface area contributed by atoms with Crippen LogP contribution in [0.5, 0.6) is 11.5 Å². The number of ether oxygens (including phenoxy) is 2. The van der Waals surface area contributed by atoms with E-state index in [0.717, 1.165) is 11.3 Å². The van der Waals surface area contributed by atoms with Gasteiger partial charge in [-0.15, -0.1) is 11.3 Å². The lowest BCUT2D eigenvalue weighted by Crippen LogP contribution is -2.31. The Morgan fingerprint density at radius 2 is 1.89 bits per heavy atom. The summed E-state index contributed by atoms with van der Waals surface area (Å²) in [7, 11) is 0. The van der Waals surface area contributed by atoms with Crippen LogP contribution in [0.1, 0.15) is 47.2 Å². The highest BCUT2D eigenvalue weighted by Crippen LogP contribution is 2.24. The first-order valence-electron chi connectivity index (χ1n) is 8.62. The van der Waals surface area contributed by atoms with Crippen molar-refractivity contribution < 1.29 is 24.2 Å². The van der Waals surface area contributed by atoms with Crippen molar-refractivity contribution in [2.24, 2.45) is 5.92 Å². The predicted octanol–water partition coefficient (Wildman–Crippen LogP) is 3.44. The van der Waals surface area contributed by atoms with Gasteiger partial charge in [-0.3, -0.25) is 4.79 Å². The number of aromatic carboxylic acids is 1. The normalized spacial score (nSPS) is 11.9. The number of carbonyl (C=O) groups is 2. The molecule has 0 spiro atoms. The van der Waals surface area contributed by atoms with Gasteiger partial charge in [-0.2, -0.15) is 0 Å². The molecule has 0 aliphatic heterocycles. The van der Waals surface area contributed by atoms with Crippen molar-refractivity contribution in [1.82, 2.24) is 10.3 Å². The molecule has 0 aliphatic rings. The maximum absolute atomic E-state index is 12.1. The van der Waals surface area contributed by atoms with E-state index in [1.165, 1.54) is 0 Å². The van der Waals surface area contributed by atoms with Gasteiger partial charge in [-0.25, -0.2) is 9.78 Å². The van der Waals surface area contributed by atoms with Crippen LogP contribution in [0.2, 0.25) is 0 Å². The molecule has 7 nitrogen and oxygen atoms in total. The predicted molar refractivity (Wildman–Crippen MR) is 103 cm³/mol. The summed E-state index contributed by atoms with van der Waals surface area (Å²) in [5.41, 5.74) is 0.443. The zero-order valence-electron chi connectivity index (χ0n) is 15.8. The molecule has 1 aromatic carbocycles. The topological polar surface area (TPSA) is 97.8 Å². The number of carbonyl (C=O) groups excluding carboxylic acids is 1. The minimum absolute atomic E-state index is 0.159. The van der Waals surface area contributed by atoms with Gasteiger partial charge in [-0.1, -0.05) is 19.9 Å². The molecule has 146 valence electrons. The van der Waals surface area contributed by atoms with Crippen LogP contribution in [0, 0.1) is 12.8 Å². The van der Waals surface area contributed by atoms with Crippen LogP contribution >= 0.6 is 11.3 Å². The van der Waals surface area contributed by atoms with Gasteiger partial charge in [0.1, 0.15) is 21.4 Å². The van der Waals surface area contributed by atoms with Crippen LogP contribution in [0.4, 0.5) is 0 Å². The van der Waals surface area contributed by atoms with Crippen molar-refractivity contribution in [2.45, 2.75) is 33.7 Å². The van der Waals surface area contributed by atoms with E-state index in [1.54, 1.807) is 32.0 Å². The molecule has 1 amide bonds. The molecule has 0 saturated heterocycles.